The molecule has 0 unspecified atom stereocenters. The van der Waals surface area contributed by atoms with E-state index in [1.54, 1.807) is 18.2 Å². The Morgan fingerprint density at radius 3 is 2.30 bits per heavy atom. The predicted molar refractivity (Wildman–Crippen MR) is 105 cm³/mol. The Labute approximate surface area is 156 Å². The Morgan fingerprint density at radius 2 is 1.59 bits per heavy atom. The van der Waals surface area contributed by atoms with Gasteiger partial charge in [-0.3, -0.25) is 9.59 Å². The van der Waals surface area contributed by atoms with Crippen LogP contribution in [0.15, 0.2) is 60.9 Å². The number of nitrogens with one attached hydrogen (secondary N) is 3. The van der Waals surface area contributed by atoms with E-state index in [0.717, 1.165) is 16.9 Å². The van der Waals surface area contributed by atoms with Gasteiger partial charge in [-0.05, 0) is 36.8 Å². The first-order valence-electron chi connectivity index (χ1n) is 8.35. The Bertz CT molecular complexity index is 970. The third-order valence-corrected chi connectivity index (χ3v) is 3.75. The van der Waals surface area contributed by atoms with Crippen LogP contribution in [0.25, 0.3) is 0 Å². The molecule has 27 heavy (non-hydrogen) atoms. The van der Waals surface area contributed by atoms with Crippen molar-refractivity contribution in [1.29, 1.82) is 0 Å². The van der Waals surface area contributed by atoms with E-state index in [-0.39, 0.29) is 11.8 Å². The number of hydrogen-bond acceptors (Lipinski definition) is 5. The number of para-hydroxylation sites is 1. The molecule has 0 aliphatic carbocycles. The first-order chi connectivity index (χ1) is 13.0. The molecule has 0 saturated carbocycles. The molecule has 0 bridgehead atoms. The van der Waals surface area contributed by atoms with Crippen molar-refractivity contribution in [3.05, 3.63) is 72.1 Å². The molecule has 0 aliphatic heterocycles. The molecule has 3 rings (SSSR count). The largest absolute Gasteiger partial charge is 0.326 e. The maximum atomic E-state index is 12.3. The fourth-order valence-corrected chi connectivity index (χ4v) is 2.42. The molecule has 7 nitrogen and oxygen atoms in total. The van der Waals surface area contributed by atoms with E-state index in [1.165, 1.54) is 19.3 Å². The lowest BCUT2D eigenvalue weighted by Crippen LogP contribution is -2.13. The second kappa shape index (κ2) is 8.09. The van der Waals surface area contributed by atoms with Crippen molar-refractivity contribution >= 4 is 34.8 Å². The topological polar surface area (TPSA) is 96.0 Å². The van der Waals surface area contributed by atoms with Crippen LogP contribution in [0, 0.1) is 6.92 Å². The van der Waals surface area contributed by atoms with Crippen molar-refractivity contribution in [1.82, 2.24) is 9.97 Å². The summed E-state index contributed by atoms with van der Waals surface area (Å²) in [7, 11) is 0. The zero-order chi connectivity index (χ0) is 19.2. The standard InChI is InChI=1S/C20H19N5O2/c1-13-6-3-4-9-18(13)25-19(27)15-11-21-20(22-12-15)24-17-8-5-7-16(10-17)23-14(2)26/h3-12H,1-2H3,(H,23,26)(H,25,27)(H,21,22,24). The van der Waals surface area contributed by atoms with Gasteiger partial charge in [0.05, 0.1) is 5.56 Å². The first-order valence-corrected chi connectivity index (χ1v) is 8.35. The number of nitrogens with zero attached hydrogens (tertiary/aromatic N) is 2. The number of aromatic nitrogens is 2. The highest BCUT2D eigenvalue weighted by atomic mass is 16.2. The molecule has 3 N–H and O–H groups in total. The van der Waals surface area contributed by atoms with E-state index < -0.39 is 0 Å². The quantitative estimate of drug-likeness (QED) is 0.643. The average molecular weight is 361 g/mol. The SMILES string of the molecule is CC(=O)Nc1cccc(Nc2ncc(C(=O)Nc3ccccc3C)cn2)c1. The van der Waals surface area contributed by atoms with Gasteiger partial charge in [-0.15, -0.1) is 0 Å². The monoisotopic (exact) mass is 361 g/mol. The third-order valence-electron chi connectivity index (χ3n) is 3.75. The molecule has 0 aliphatic rings. The summed E-state index contributed by atoms with van der Waals surface area (Å²) in [6.07, 6.45) is 2.92. The maximum Gasteiger partial charge on any atom is 0.258 e. The van der Waals surface area contributed by atoms with Crippen molar-refractivity contribution in [2.45, 2.75) is 13.8 Å². The molecule has 1 heterocycles. The lowest BCUT2D eigenvalue weighted by Gasteiger charge is -2.09. The smallest absolute Gasteiger partial charge is 0.258 e. The van der Waals surface area contributed by atoms with Gasteiger partial charge in [0.1, 0.15) is 0 Å². The summed E-state index contributed by atoms with van der Waals surface area (Å²) in [6.45, 7) is 3.37. The molecule has 136 valence electrons. The van der Waals surface area contributed by atoms with E-state index in [1.807, 2.05) is 37.3 Å². The number of carbonyl (C=O) groups is 2. The molecule has 2 amide bonds. The lowest BCUT2D eigenvalue weighted by atomic mass is 10.2. The second-order valence-electron chi connectivity index (χ2n) is 5.95. The van der Waals surface area contributed by atoms with Crippen LogP contribution >= 0.6 is 0 Å². The third kappa shape index (κ3) is 4.88. The van der Waals surface area contributed by atoms with Crippen molar-refractivity contribution < 1.29 is 9.59 Å². The molecular formula is C20H19N5O2. The van der Waals surface area contributed by atoms with Gasteiger partial charge in [-0.1, -0.05) is 24.3 Å². The van der Waals surface area contributed by atoms with Crippen molar-refractivity contribution in [3.8, 4) is 0 Å². The Hall–Kier alpha value is -3.74. The molecular weight excluding hydrogens is 342 g/mol. The number of carbonyl (C=O) groups excluding carboxylic acids is 2. The summed E-state index contributed by atoms with van der Waals surface area (Å²) >= 11 is 0. The van der Waals surface area contributed by atoms with Gasteiger partial charge in [0.2, 0.25) is 11.9 Å². The number of rotatable bonds is 5. The summed E-state index contributed by atoms with van der Waals surface area (Å²) < 4.78 is 0. The highest BCUT2D eigenvalue weighted by molar-refractivity contribution is 6.04. The van der Waals surface area contributed by atoms with Gasteiger partial charge >= 0.3 is 0 Å². The molecule has 3 aromatic rings. The fourth-order valence-electron chi connectivity index (χ4n) is 2.42. The van der Waals surface area contributed by atoms with Gasteiger partial charge in [0.15, 0.2) is 0 Å². The van der Waals surface area contributed by atoms with Gasteiger partial charge in [-0.25, -0.2) is 9.97 Å². The van der Waals surface area contributed by atoms with Gasteiger partial charge in [0, 0.05) is 36.4 Å². The summed E-state index contributed by atoms with van der Waals surface area (Å²) in [4.78, 5) is 31.8. The highest BCUT2D eigenvalue weighted by Crippen LogP contribution is 2.18. The summed E-state index contributed by atoms with van der Waals surface area (Å²) in [5.41, 5.74) is 3.47. The normalized spacial score (nSPS) is 10.1. The number of aryl methyl sites for hydroxylation is 1. The molecule has 0 spiro atoms. The number of anilines is 4. The van der Waals surface area contributed by atoms with Crippen molar-refractivity contribution in [2.75, 3.05) is 16.0 Å². The molecule has 0 fully saturated rings. The molecule has 2 aromatic carbocycles. The van der Waals surface area contributed by atoms with Crippen LogP contribution in [-0.4, -0.2) is 21.8 Å². The summed E-state index contributed by atoms with van der Waals surface area (Å²) in [5, 5.41) is 8.59. The molecule has 7 heteroatoms. The van der Waals surface area contributed by atoms with Crippen LogP contribution in [0.1, 0.15) is 22.8 Å². The number of hydrogen-bond donors (Lipinski definition) is 3. The predicted octanol–water partition coefficient (Wildman–Crippen LogP) is 3.74. The average Bonchev–Trinajstić information content (AvgIpc) is 2.64. The molecule has 0 atom stereocenters. The van der Waals surface area contributed by atoms with Gasteiger partial charge in [-0.2, -0.15) is 0 Å². The fraction of sp³-hybridized carbons (Fsp3) is 0.100. The van der Waals surface area contributed by atoms with E-state index in [2.05, 4.69) is 25.9 Å². The summed E-state index contributed by atoms with van der Waals surface area (Å²) in [6, 6.07) is 14.7. The zero-order valence-corrected chi connectivity index (χ0v) is 15.0. The van der Waals surface area contributed by atoms with Crippen molar-refractivity contribution in [2.24, 2.45) is 0 Å². The Balaban J connectivity index is 1.67. The highest BCUT2D eigenvalue weighted by Gasteiger charge is 2.09. The van der Waals surface area contributed by atoms with Crippen LogP contribution in [0.5, 0.6) is 0 Å². The van der Waals surface area contributed by atoms with Crippen molar-refractivity contribution in [3.63, 3.8) is 0 Å². The molecule has 1 aromatic heterocycles. The minimum atomic E-state index is -0.275. The number of benzene rings is 2. The van der Waals surface area contributed by atoms with E-state index in [4.69, 9.17) is 0 Å². The van der Waals surface area contributed by atoms with Crippen LogP contribution in [0.3, 0.4) is 0 Å². The molecule has 0 saturated heterocycles. The Morgan fingerprint density at radius 1 is 0.889 bits per heavy atom. The lowest BCUT2D eigenvalue weighted by molar-refractivity contribution is -0.114. The van der Waals surface area contributed by atoms with Gasteiger partial charge < -0.3 is 16.0 Å². The van der Waals surface area contributed by atoms with E-state index >= 15 is 0 Å². The van der Waals surface area contributed by atoms with Gasteiger partial charge in [0.25, 0.3) is 5.91 Å². The second-order valence-corrected chi connectivity index (χ2v) is 5.95. The van der Waals surface area contributed by atoms with Crippen LogP contribution < -0.4 is 16.0 Å². The van der Waals surface area contributed by atoms with E-state index in [0.29, 0.717) is 17.2 Å². The van der Waals surface area contributed by atoms with Crippen LogP contribution in [0.2, 0.25) is 0 Å². The zero-order valence-electron chi connectivity index (χ0n) is 15.0. The first kappa shape index (κ1) is 18.1. The minimum Gasteiger partial charge on any atom is -0.326 e. The molecule has 0 radical (unpaired) electrons. The Kier molecular flexibility index (Phi) is 5.41. The van der Waals surface area contributed by atoms with Crippen LogP contribution in [-0.2, 0) is 4.79 Å². The minimum absolute atomic E-state index is 0.146. The van der Waals surface area contributed by atoms with Crippen LogP contribution in [0.4, 0.5) is 23.0 Å². The maximum absolute atomic E-state index is 12.3. The summed E-state index contributed by atoms with van der Waals surface area (Å²) in [5.74, 6) is -0.0710. The number of amides is 2. The van der Waals surface area contributed by atoms with E-state index in [9.17, 15) is 9.59 Å².